The van der Waals surface area contributed by atoms with Crippen LogP contribution in [0.15, 0.2) is 35.5 Å². The smallest absolute Gasteiger partial charge is 0.132 e. The van der Waals surface area contributed by atoms with Crippen LogP contribution in [0.1, 0.15) is 12.0 Å². The van der Waals surface area contributed by atoms with Crippen LogP contribution in [0.5, 0.6) is 0 Å². The first-order valence-electron chi connectivity index (χ1n) is 4.92. The lowest BCUT2D eigenvalue weighted by molar-refractivity contribution is 1.16. The molecule has 1 aromatic rings. The van der Waals surface area contributed by atoms with Gasteiger partial charge in [-0.15, -0.1) is 0 Å². The summed E-state index contributed by atoms with van der Waals surface area (Å²) in [5, 5.41) is 12.3. The van der Waals surface area contributed by atoms with Crippen LogP contribution in [0.2, 0.25) is 10.0 Å². The van der Waals surface area contributed by atoms with Gasteiger partial charge in [-0.3, -0.25) is 0 Å². The highest BCUT2D eigenvalue weighted by molar-refractivity contribution is 6.42. The van der Waals surface area contributed by atoms with E-state index in [-0.39, 0.29) is 0 Å². The van der Waals surface area contributed by atoms with E-state index in [2.05, 4.69) is 10.3 Å². The van der Waals surface area contributed by atoms with Crippen molar-refractivity contribution in [2.45, 2.75) is 6.42 Å². The molecule has 3 nitrogen and oxygen atoms in total. The average molecular weight is 268 g/mol. The van der Waals surface area contributed by atoms with Crippen molar-refractivity contribution < 1.29 is 0 Å². The topological polar surface area (TPSA) is 48.2 Å². The van der Waals surface area contributed by atoms with Crippen molar-refractivity contribution in [2.75, 3.05) is 7.05 Å². The van der Waals surface area contributed by atoms with Gasteiger partial charge in [0.2, 0.25) is 0 Å². The second-order valence-electron chi connectivity index (χ2n) is 3.10. The highest BCUT2D eigenvalue weighted by atomic mass is 35.5. The van der Waals surface area contributed by atoms with Gasteiger partial charge in [-0.2, -0.15) is 5.26 Å². The summed E-state index contributed by atoms with van der Waals surface area (Å²) >= 11 is 11.8. The van der Waals surface area contributed by atoms with Gasteiger partial charge >= 0.3 is 0 Å². The molecular formula is C12H11Cl2N3. The zero-order valence-corrected chi connectivity index (χ0v) is 10.8. The largest absolute Gasteiger partial charge is 0.373 e. The summed E-state index contributed by atoms with van der Waals surface area (Å²) in [7, 11) is 1.76. The standard InChI is InChI=1S/C12H11Cl2N3/c1-16-12(17-7-3-2-6-15)9-4-5-10(13)11(14)8-9/h3-5,7-8H,2H2,1H3,(H,16,17)/b7-3+. The molecule has 0 heterocycles. The number of nitriles is 1. The number of hydrogen-bond acceptors (Lipinski definition) is 2. The molecule has 88 valence electrons. The fourth-order valence-corrected chi connectivity index (χ4v) is 1.46. The quantitative estimate of drug-likeness (QED) is 0.674. The predicted octanol–water partition coefficient (Wildman–Crippen LogP) is 3.39. The van der Waals surface area contributed by atoms with Gasteiger partial charge in [-0.25, -0.2) is 4.99 Å². The molecule has 0 aliphatic heterocycles. The van der Waals surface area contributed by atoms with E-state index < -0.39 is 0 Å². The van der Waals surface area contributed by atoms with Crippen LogP contribution in [0.3, 0.4) is 0 Å². The molecule has 1 aromatic carbocycles. The molecular weight excluding hydrogens is 257 g/mol. The third-order valence-corrected chi connectivity index (χ3v) is 2.69. The number of allylic oxidation sites excluding steroid dienone is 1. The highest BCUT2D eigenvalue weighted by Gasteiger charge is 2.03. The Balaban J connectivity index is 2.94. The number of hydrogen-bond donors (Lipinski definition) is 1. The summed E-state index contributed by atoms with van der Waals surface area (Å²) in [6.07, 6.45) is 3.59. The van der Waals surface area contributed by atoms with Crippen LogP contribution in [-0.4, -0.2) is 12.9 Å². The first kappa shape index (κ1) is 13.6. The number of amidine groups is 1. The minimum Gasteiger partial charge on any atom is -0.373 e. The Bertz CT molecular complexity index is 487. The maximum Gasteiger partial charge on any atom is 0.132 e. The van der Waals surface area contributed by atoms with Crippen LogP contribution in [-0.2, 0) is 0 Å². The maximum atomic E-state index is 8.38. The van der Waals surface area contributed by atoms with E-state index in [0.29, 0.717) is 22.3 Å². The van der Waals surface area contributed by atoms with E-state index in [9.17, 15) is 0 Å². The second kappa shape index (κ2) is 6.95. The maximum absolute atomic E-state index is 8.38. The van der Waals surface area contributed by atoms with Gasteiger partial charge in [0.1, 0.15) is 5.84 Å². The summed E-state index contributed by atoms with van der Waals surface area (Å²) in [6, 6.07) is 7.27. The average Bonchev–Trinajstić information content (AvgIpc) is 2.33. The molecule has 17 heavy (non-hydrogen) atoms. The third kappa shape index (κ3) is 4.10. The van der Waals surface area contributed by atoms with Crippen LogP contribution in [0, 0.1) is 11.3 Å². The zero-order chi connectivity index (χ0) is 12.7. The van der Waals surface area contributed by atoms with Gasteiger partial charge in [0.25, 0.3) is 0 Å². The molecule has 0 radical (unpaired) electrons. The Labute approximate surface area is 110 Å². The number of nitrogens with one attached hydrogen (secondary N) is 1. The van der Waals surface area contributed by atoms with Gasteiger partial charge in [-0.1, -0.05) is 29.3 Å². The zero-order valence-electron chi connectivity index (χ0n) is 9.24. The minimum atomic E-state index is 0.335. The summed E-state index contributed by atoms with van der Waals surface area (Å²) < 4.78 is 0. The molecule has 0 saturated heterocycles. The summed E-state index contributed by atoms with van der Waals surface area (Å²) in [4.78, 5) is 4.19. The number of aliphatic imine (C=N–C) groups is 1. The van der Waals surface area contributed by atoms with E-state index in [1.165, 1.54) is 0 Å². The van der Waals surface area contributed by atoms with E-state index in [1.807, 2.05) is 12.1 Å². The highest BCUT2D eigenvalue weighted by Crippen LogP contribution is 2.22. The third-order valence-electron chi connectivity index (χ3n) is 1.95. The SMILES string of the molecule is CN/C(=N\C=C\CC#N)c1ccc(Cl)c(Cl)c1. The number of benzene rings is 1. The van der Waals surface area contributed by atoms with Crippen molar-refractivity contribution in [1.82, 2.24) is 5.32 Å². The number of rotatable bonds is 3. The molecule has 0 aliphatic carbocycles. The molecule has 0 aliphatic rings. The Morgan fingerprint density at radius 1 is 1.47 bits per heavy atom. The lowest BCUT2D eigenvalue weighted by Crippen LogP contribution is -2.19. The van der Waals surface area contributed by atoms with Gasteiger partial charge in [0, 0.05) is 18.8 Å². The Hall–Kier alpha value is -1.50. The van der Waals surface area contributed by atoms with E-state index in [1.54, 1.807) is 31.5 Å². The molecule has 1 N–H and O–H groups in total. The molecule has 0 aromatic heterocycles. The lowest BCUT2D eigenvalue weighted by atomic mass is 10.2. The number of halogens is 2. The van der Waals surface area contributed by atoms with E-state index in [0.717, 1.165) is 5.56 Å². The minimum absolute atomic E-state index is 0.335. The molecule has 0 bridgehead atoms. The molecule has 0 amide bonds. The monoisotopic (exact) mass is 267 g/mol. The summed E-state index contributed by atoms with van der Waals surface area (Å²) in [5.74, 6) is 0.665. The van der Waals surface area contributed by atoms with Crippen molar-refractivity contribution in [1.29, 1.82) is 5.26 Å². The molecule has 0 atom stereocenters. The van der Waals surface area contributed by atoms with Crippen LogP contribution < -0.4 is 5.32 Å². The summed E-state index contributed by atoms with van der Waals surface area (Å²) in [5.41, 5.74) is 0.837. The summed E-state index contributed by atoms with van der Waals surface area (Å²) in [6.45, 7) is 0. The van der Waals surface area contributed by atoms with Crippen molar-refractivity contribution >= 4 is 29.0 Å². The Kier molecular flexibility index (Phi) is 5.55. The number of nitrogens with zero attached hydrogens (tertiary/aromatic N) is 2. The predicted molar refractivity (Wildman–Crippen MR) is 71.4 cm³/mol. The lowest BCUT2D eigenvalue weighted by Gasteiger charge is -2.05. The van der Waals surface area contributed by atoms with Gasteiger partial charge in [0.05, 0.1) is 22.5 Å². The van der Waals surface area contributed by atoms with E-state index in [4.69, 9.17) is 28.5 Å². The second-order valence-corrected chi connectivity index (χ2v) is 3.92. The molecule has 0 unspecified atom stereocenters. The van der Waals surface area contributed by atoms with E-state index >= 15 is 0 Å². The Morgan fingerprint density at radius 2 is 2.24 bits per heavy atom. The van der Waals surface area contributed by atoms with Crippen molar-refractivity contribution in [3.8, 4) is 6.07 Å². The van der Waals surface area contributed by atoms with Gasteiger partial charge in [-0.05, 0) is 18.2 Å². The van der Waals surface area contributed by atoms with Crippen molar-refractivity contribution in [2.24, 2.45) is 4.99 Å². The fraction of sp³-hybridized carbons (Fsp3) is 0.167. The first-order valence-corrected chi connectivity index (χ1v) is 5.67. The Morgan fingerprint density at radius 3 is 2.82 bits per heavy atom. The van der Waals surface area contributed by atoms with Gasteiger partial charge in [0.15, 0.2) is 0 Å². The first-order chi connectivity index (χ1) is 8.19. The van der Waals surface area contributed by atoms with Crippen LogP contribution >= 0.6 is 23.2 Å². The van der Waals surface area contributed by atoms with Crippen molar-refractivity contribution in [3.63, 3.8) is 0 Å². The van der Waals surface area contributed by atoms with Gasteiger partial charge < -0.3 is 5.32 Å². The molecule has 0 fully saturated rings. The molecule has 0 spiro atoms. The molecule has 5 heteroatoms. The van der Waals surface area contributed by atoms with Crippen LogP contribution in [0.25, 0.3) is 0 Å². The molecule has 1 rings (SSSR count). The normalized spacial score (nSPS) is 11.5. The van der Waals surface area contributed by atoms with Crippen molar-refractivity contribution in [3.05, 3.63) is 46.1 Å². The fourth-order valence-electron chi connectivity index (χ4n) is 1.16. The molecule has 0 saturated carbocycles. The van der Waals surface area contributed by atoms with Crippen LogP contribution in [0.4, 0.5) is 0 Å².